The molecule has 19 heavy (non-hydrogen) atoms. The van der Waals surface area contributed by atoms with Crippen LogP contribution >= 0.6 is 0 Å². The van der Waals surface area contributed by atoms with Gasteiger partial charge in [-0.25, -0.2) is 0 Å². The molecule has 0 saturated carbocycles. The average Bonchev–Trinajstić information content (AvgIpc) is 2.77. The molecule has 2 saturated heterocycles. The van der Waals surface area contributed by atoms with Gasteiger partial charge in [-0.05, 0) is 31.6 Å². The quantitative estimate of drug-likeness (QED) is 0.834. The molecule has 2 aliphatic rings. The first-order valence-electron chi connectivity index (χ1n) is 6.90. The van der Waals surface area contributed by atoms with Crippen molar-refractivity contribution in [1.29, 1.82) is 0 Å². The number of nitrogens with zero attached hydrogens (tertiary/aromatic N) is 2. The normalized spacial score (nSPS) is 30.6. The molecule has 0 aliphatic carbocycles. The highest BCUT2D eigenvalue weighted by atomic mass is 32.2. The Bertz CT molecular complexity index is 437. The average molecular weight is 290 g/mol. The van der Waals surface area contributed by atoms with Crippen molar-refractivity contribution in [3.8, 4) is 0 Å². The molecular weight excluding hydrogens is 268 g/mol. The summed E-state index contributed by atoms with van der Waals surface area (Å²) < 4.78 is 28.1. The van der Waals surface area contributed by atoms with Crippen LogP contribution in [0.4, 0.5) is 0 Å². The van der Waals surface area contributed by atoms with Crippen LogP contribution in [-0.4, -0.2) is 53.8 Å². The maximum absolute atomic E-state index is 12.6. The molecule has 2 heterocycles. The van der Waals surface area contributed by atoms with Crippen molar-refractivity contribution in [2.45, 2.75) is 45.1 Å². The van der Waals surface area contributed by atoms with Gasteiger partial charge in [0.1, 0.15) is 0 Å². The fourth-order valence-electron chi connectivity index (χ4n) is 3.02. The Hall–Kier alpha value is -0.660. The van der Waals surface area contributed by atoms with E-state index < -0.39 is 16.2 Å². The molecule has 0 aromatic heterocycles. The third kappa shape index (κ3) is 3.27. The summed E-state index contributed by atoms with van der Waals surface area (Å²) in [7, 11) is -3.49. The second kappa shape index (κ2) is 5.76. The van der Waals surface area contributed by atoms with Crippen LogP contribution < -0.4 is 0 Å². The first-order valence-corrected chi connectivity index (χ1v) is 8.29. The monoisotopic (exact) mass is 290 g/mol. The molecule has 0 bridgehead atoms. The maximum Gasteiger partial charge on any atom is 0.304 e. The Morgan fingerprint density at radius 2 is 1.95 bits per heavy atom. The zero-order chi connectivity index (χ0) is 14.0. The summed E-state index contributed by atoms with van der Waals surface area (Å²) >= 11 is 0. The molecule has 2 atom stereocenters. The lowest BCUT2D eigenvalue weighted by Crippen LogP contribution is -2.49. The Labute approximate surface area is 114 Å². The molecule has 0 spiro atoms. The number of rotatable bonds is 4. The third-order valence-electron chi connectivity index (χ3n) is 3.98. The molecule has 1 N–H and O–H groups in total. The molecule has 0 aromatic rings. The largest absolute Gasteiger partial charge is 0.481 e. The predicted molar refractivity (Wildman–Crippen MR) is 70.9 cm³/mol. The molecule has 0 aromatic carbocycles. The lowest BCUT2D eigenvalue weighted by Gasteiger charge is -2.34. The van der Waals surface area contributed by atoms with Crippen LogP contribution in [0, 0.1) is 5.92 Å². The van der Waals surface area contributed by atoms with Gasteiger partial charge in [0.2, 0.25) is 0 Å². The minimum Gasteiger partial charge on any atom is -0.481 e. The van der Waals surface area contributed by atoms with E-state index in [1.807, 2.05) is 0 Å². The van der Waals surface area contributed by atoms with Crippen LogP contribution in [0.5, 0.6) is 0 Å². The molecular formula is C12H22N2O4S. The Kier molecular flexibility index (Phi) is 4.47. The topological polar surface area (TPSA) is 77.9 Å². The molecule has 2 rings (SSSR count). The third-order valence-corrected chi connectivity index (χ3v) is 6.03. The van der Waals surface area contributed by atoms with Crippen molar-refractivity contribution >= 4 is 16.2 Å². The lowest BCUT2D eigenvalue weighted by molar-refractivity contribution is -0.137. The fourth-order valence-corrected chi connectivity index (χ4v) is 5.04. The number of aliphatic carboxylic acids is 1. The van der Waals surface area contributed by atoms with E-state index in [0.29, 0.717) is 32.0 Å². The summed E-state index contributed by atoms with van der Waals surface area (Å²) in [6.07, 6.45) is 3.25. The van der Waals surface area contributed by atoms with E-state index in [-0.39, 0.29) is 12.5 Å². The molecule has 2 unspecified atom stereocenters. The molecule has 2 aliphatic heterocycles. The van der Waals surface area contributed by atoms with Gasteiger partial charge in [-0.2, -0.15) is 17.0 Å². The zero-order valence-electron chi connectivity index (χ0n) is 11.3. The van der Waals surface area contributed by atoms with Gasteiger partial charge in [-0.3, -0.25) is 4.79 Å². The van der Waals surface area contributed by atoms with Gasteiger partial charge in [-0.1, -0.05) is 6.92 Å². The highest BCUT2D eigenvalue weighted by Crippen LogP contribution is 2.28. The standard InChI is InChI=1S/C12H22N2O4S/c1-10-4-2-6-13(9-10)19(17,18)14-7-3-5-11(14)8-12(15)16/h10-11H,2-9H2,1H3,(H,15,16). The van der Waals surface area contributed by atoms with Crippen LogP contribution in [0.15, 0.2) is 0 Å². The Balaban J connectivity index is 2.11. The molecule has 7 heteroatoms. The summed E-state index contributed by atoms with van der Waals surface area (Å²) in [6, 6.07) is -0.375. The zero-order valence-corrected chi connectivity index (χ0v) is 12.1. The summed E-state index contributed by atoms with van der Waals surface area (Å²) in [5.41, 5.74) is 0. The highest BCUT2D eigenvalue weighted by Gasteiger charge is 2.39. The summed E-state index contributed by atoms with van der Waals surface area (Å²) in [5, 5.41) is 8.87. The van der Waals surface area contributed by atoms with Gasteiger partial charge < -0.3 is 5.11 Å². The van der Waals surface area contributed by atoms with Crippen molar-refractivity contribution in [1.82, 2.24) is 8.61 Å². The van der Waals surface area contributed by atoms with E-state index >= 15 is 0 Å². The number of piperidine rings is 1. The smallest absolute Gasteiger partial charge is 0.304 e. The van der Waals surface area contributed by atoms with E-state index in [4.69, 9.17) is 5.11 Å². The van der Waals surface area contributed by atoms with Crippen molar-refractivity contribution in [3.63, 3.8) is 0 Å². The Morgan fingerprint density at radius 3 is 2.58 bits per heavy atom. The number of hydrogen-bond donors (Lipinski definition) is 1. The number of carbonyl (C=O) groups is 1. The number of carboxylic acid groups (broad SMARTS) is 1. The van der Waals surface area contributed by atoms with Gasteiger partial charge in [0.05, 0.1) is 6.42 Å². The van der Waals surface area contributed by atoms with Crippen molar-refractivity contribution in [2.75, 3.05) is 19.6 Å². The lowest BCUT2D eigenvalue weighted by atomic mass is 10.0. The summed E-state index contributed by atoms with van der Waals surface area (Å²) in [5.74, 6) is -0.553. The Morgan fingerprint density at radius 1 is 1.26 bits per heavy atom. The number of carboxylic acids is 1. The van der Waals surface area contributed by atoms with E-state index in [1.54, 1.807) is 0 Å². The van der Waals surface area contributed by atoms with Crippen molar-refractivity contribution in [3.05, 3.63) is 0 Å². The molecule has 0 amide bonds. The van der Waals surface area contributed by atoms with Crippen LogP contribution in [-0.2, 0) is 15.0 Å². The molecule has 6 nitrogen and oxygen atoms in total. The summed E-state index contributed by atoms with van der Waals surface area (Å²) in [4.78, 5) is 10.8. The predicted octanol–water partition coefficient (Wildman–Crippen LogP) is 0.902. The number of hydrogen-bond acceptors (Lipinski definition) is 3. The van der Waals surface area contributed by atoms with Crippen molar-refractivity contribution < 1.29 is 18.3 Å². The molecule has 110 valence electrons. The fraction of sp³-hybridized carbons (Fsp3) is 0.917. The van der Waals surface area contributed by atoms with Crippen LogP contribution in [0.25, 0.3) is 0 Å². The van der Waals surface area contributed by atoms with E-state index in [1.165, 1.54) is 8.61 Å². The van der Waals surface area contributed by atoms with Gasteiger partial charge in [0.25, 0.3) is 10.2 Å². The van der Waals surface area contributed by atoms with Gasteiger partial charge in [0.15, 0.2) is 0 Å². The van der Waals surface area contributed by atoms with E-state index in [0.717, 1.165) is 19.3 Å². The highest BCUT2D eigenvalue weighted by molar-refractivity contribution is 7.86. The van der Waals surface area contributed by atoms with Gasteiger partial charge in [-0.15, -0.1) is 0 Å². The van der Waals surface area contributed by atoms with Gasteiger partial charge in [0, 0.05) is 25.7 Å². The van der Waals surface area contributed by atoms with Gasteiger partial charge >= 0.3 is 5.97 Å². The first kappa shape index (κ1) is 14.7. The van der Waals surface area contributed by atoms with Crippen LogP contribution in [0.3, 0.4) is 0 Å². The van der Waals surface area contributed by atoms with Crippen LogP contribution in [0.2, 0.25) is 0 Å². The molecule has 2 fully saturated rings. The molecule has 0 radical (unpaired) electrons. The first-order chi connectivity index (χ1) is 8.91. The maximum atomic E-state index is 12.6. The second-order valence-electron chi connectivity index (χ2n) is 5.62. The van der Waals surface area contributed by atoms with E-state index in [9.17, 15) is 13.2 Å². The second-order valence-corrected chi connectivity index (χ2v) is 7.50. The minimum atomic E-state index is -3.49. The van der Waals surface area contributed by atoms with Crippen molar-refractivity contribution in [2.24, 2.45) is 5.92 Å². The van der Waals surface area contributed by atoms with Crippen LogP contribution in [0.1, 0.15) is 39.0 Å². The minimum absolute atomic E-state index is 0.0946. The summed E-state index contributed by atoms with van der Waals surface area (Å²) in [6.45, 7) is 3.62. The van der Waals surface area contributed by atoms with E-state index in [2.05, 4.69) is 6.92 Å². The SMILES string of the molecule is CC1CCCN(S(=O)(=O)N2CCCC2CC(=O)O)C1.